The molecule has 150 valence electrons. The molecule has 1 aliphatic carbocycles. The number of ether oxygens (including phenoxy) is 1. The first-order valence-electron chi connectivity index (χ1n) is 9.27. The molecule has 2 aliphatic rings. The summed E-state index contributed by atoms with van der Waals surface area (Å²) in [4.78, 5) is 15.1. The molecular formula is C18H26BrN3O4S. The number of amides is 1. The van der Waals surface area contributed by atoms with E-state index in [2.05, 4.69) is 25.6 Å². The summed E-state index contributed by atoms with van der Waals surface area (Å²) in [6.45, 7) is 1.67. The Bertz CT molecular complexity index is 801. The van der Waals surface area contributed by atoms with Crippen molar-refractivity contribution in [2.45, 2.75) is 44.6 Å². The van der Waals surface area contributed by atoms with Gasteiger partial charge < -0.3 is 9.64 Å². The second kappa shape index (κ2) is 8.36. The second-order valence-corrected chi connectivity index (χ2v) is 10.0. The molecule has 0 radical (unpaired) electrons. The normalized spacial score (nSPS) is 18.3. The number of carbonyl (C=O) groups is 1. The van der Waals surface area contributed by atoms with Crippen LogP contribution >= 0.6 is 15.9 Å². The third-order valence-electron chi connectivity index (χ3n) is 5.02. The number of nitrogens with zero attached hydrogens (tertiary/aromatic N) is 2. The van der Waals surface area contributed by atoms with Crippen molar-refractivity contribution in [1.82, 2.24) is 9.03 Å². The molecule has 1 amide bonds. The lowest BCUT2D eigenvalue weighted by molar-refractivity contribution is 0.0973. The van der Waals surface area contributed by atoms with Crippen LogP contribution < -0.4 is 14.4 Å². The fraction of sp³-hybridized carbons (Fsp3) is 0.611. The van der Waals surface area contributed by atoms with Crippen molar-refractivity contribution >= 4 is 37.7 Å². The Balaban J connectivity index is 2.02. The van der Waals surface area contributed by atoms with Gasteiger partial charge >= 0.3 is 10.2 Å². The maximum absolute atomic E-state index is 13.0. The van der Waals surface area contributed by atoms with Crippen LogP contribution in [-0.4, -0.2) is 51.9 Å². The number of halogens is 1. The van der Waals surface area contributed by atoms with Crippen LogP contribution in [0.15, 0.2) is 16.6 Å². The largest absolute Gasteiger partial charge is 0.489 e. The zero-order chi connectivity index (χ0) is 19.6. The van der Waals surface area contributed by atoms with Crippen LogP contribution in [0.25, 0.3) is 0 Å². The fourth-order valence-electron chi connectivity index (χ4n) is 3.54. The van der Waals surface area contributed by atoms with Crippen molar-refractivity contribution in [1.29, 1.82) is 0 Å². The minimum Gasteiger partial charge on any atom is -0.489 e. The Kier molecular flexibility index (Phi) is 6.32. The first-order valence-corrected chi connectivity index (χ1v) is 11.5. The highest BCUT2D eigenvalue weighted by atomic mass is 79.9. The van der Waals surface area contributed by atoms with E-state index in [0.29, 0.717) is 11.4 Å². The molecule has 0 unspecified atom stereocenters. The van der Waals surface area contributed by atoms with E-state index >= 15 is 0 Å². The lowest BCUT2D eigenvalue weighted by Gasteiger charge is -2.25. The molecule has 1 saturated carbocycles. The smallest absolute Gasteiger partial charge is 0.303 e. The minimum absolute atomic E-state index is 0.0581. The van der Waals surface area contributed by atoms with Crippen LogP contribution in [0.2, 0.25) is 0 Å². The molecule has 1 aromatic carbocycles. The fourth-order valence-corrected chi connectivity index (χ4v) is 4.49. The molecule has 0 spiro atoms. The van der Waals surface area contributed by atoms with E-state index in [1.165, 1.54) is 14.1 Å². The molecular weight excluding hydrogens is 434 g/mol. The van der Waals surface area contributed by atoms with E-state index in [4.69, 9.17) is 4.74 Å². The number of carbonyl (C=O) groups excluding carboxylic acids is 1. The molecule has 9 heteroatoms. The first-order chi connectivity index (χ1) is 12.8. The summed E-state index contributed by atoms with van der Waals surface area (Å²) in [6, 6.07) is 3.62. The average Bonchev–Trinajstić information content (AvgIpc) is 3.27. The van der Waals surface area contributed by atoms with Gasteiger partial charge in [-0.3, -0.25) is 4.79 Å². The molecule has 0 atom stereocenters. The van der Waals surface area contributed by atoms with Crippen LogP contribution in [-0.2, 0) is 10.2 Å². The van der Waals surface area contributed by atoms with Crippen molar-refractivity contribution in [3.63, 3.8) is 0 Å². The minimum atomic E-state index is -3.89. The van der Waals surface area contributed by atoms with Gasteiger partial charge in [-0.1, -0.05) is 15.9 Å². The molecule has 27 heavy (non-hydrogen) atoms. The van der Waals surface area contributed by atoms with Crippen LogP contribution in [0.5, 0.6) is 5.75 Å². The zero-order valence-electron chi connectivity index (χ0n) is 15.7. The van der Waals surface area contributed by atoms with Gasteiger partial charge in [0.1, 0.15) is 11.3 Å². The predicted octanol–water partition coefficient (Wildman–Crippen LogP) is 2.91. The summed E-state index contributed by atoms with van der Waals surface area (Å²) >= 11 is 3.51. The summed E-state index contributed by atoms with van der Waals surface area (Å²) in [5.41, 5.74) is 0.999. The van der Waals surface area contributed by atoms with E-state index in [-0.39, 0.29) is 11.7 Å². The highest BCUT2D eigenvalue weighted by Gasteiger charge is 2.29. The third kappa shape index (κ3) is 4.75. The Labute approximate surface area is 169 Å². The van der Waals surface area contributed by atoms with Gasteiger partial charge in [-0.15, -0.1) is 0 Å². The predicted molar refractivity (Wildman–Crippen MR) is 109 cm³/mol. The van der Waals surface area contributed by atoms with E-state index in [9.17, 15) is 13.2 Å². The van der Waals surface area contributed by atoms with Gasteiger partial charge in [-0.25, -0.2) is 4.72 Å². The van der Waals surface area contributed by atoms with Crippen molar-refractivity contribution in [2.75, 3.05) is 32.1 Å². The number of hydrogen-bond donors (Lipinski definition) is 1. The van der Waals surface area contributed by atoms with E-state index in [1.54, 1.807) is 6.07 Å². The van der Waals surface area contributed by atoms with E-state index in [0.717, 1.165) is 60.4 Å². The number of benzene rings is 1. The highest BCUT2D eigenvalue weighted by Crippen LogP contribution is 2.37. The molecule has 1 aliphatic heterocycles. The maximum atomic E-state index is 13.0. The Morgan fingerprint density at radius 1 is 1.19 bits per heavy atom. The summed E-state index contributed by atoms with van der Waals surface area (Å²) in [7, 11) is -1.13. The summed E-state index contributed by atoms with van der Waals surface area (Å²) in [6.07, 6.45) is 6.25. The molecule has 3 rings (SSSR count). The number of anilines is 1. The van der Waals surface area contributed by atoms with Gasteiger partial charge in [-0.2, -0.15) is 12.7 Å². The molecule has 1 heterocycles. The van der Waals surface area contributed by atoms with Gasteiger partial charge in [0, 0.05) is 31.7 Å². The third-order valence-corrected chi connectivity index (χ3v) is 6.88. The Hall–Kier alpha value is -1.32. The van der Waals surface area contributed by atoms with Gasteiger partial charge in [0.05, 0.1) is 11.8 Å². The lowest BCUT2D eigenvalue weighted by Crippen LogP contribution is -2.40. The van der Waals surface area contributed by atoms with Crippen LogP contribution in [0.4, 0.5) is 5.69 Å². The molecule has 1 saturated heterocycles. The SMILES string of the molecule is CN(C)S(=O)(=O)NC(=O)c1c(OC2CCCC2)cc(Br)cc1N1CCCC1. The van der Waals surface area contributed by atoms with Gasteiger partial charge in [0.15, 0.2) is 0 Å². The van der Waals surface area contributed by atoms with Gasteiger partial charge in [-0.05, 0) is 50.7 Å². The van der Waals surface area contributed by atoms with Gasteiger partial charge in [0.2, 0.25) is 0 Å². The van der Waals surface area contributed by atoms with Crippen molar-refractivity contribution in [3.8, 4) is 5.75 Å². The lowest BCUT2D eigenvalue weighted by atomic mass is 10.1. The average molecular weight is 460 g/mol. The number of hydrogen-bond acceptors (Lipinski definition) is 5. The summed E-state index contributed by atoms with van der Waals surface area (Å²) in [5.74, 6) is -0.226. The molecule has 1 N–H and O–H groups in total. The van der Waals surface area contributed by atoms with Crippen LogP contribution in [0, 0.1) is 0 Å². The van der Waals surface area contributed by atoms with Crippen molar-refractivity contribution < 1.29 is 17.9 Å². The molecule has 7 nitrogen and oxygen atoms in total. The summed E-state index contributed by atoms with van der Waals surface area (Å²) < 4.78 is 34.5. The van der Waals surface area contributed by atoms with Crippen LogP contribution in [0.3, 0.4) is 0 Å². The second-order valence-electron chi connectivity index (χ2n) is 7.24. The number of rotatable bonds is 6. The molecule has 0 bridgehead atoms. The highest BCUT2D eigenvalue weighted by molar-refractivity contribution is 9.10. The maximum Gasteiger partial charge on any atom is 0.303 e. The molecule has 0 aromatic heterocycles. The van der Waals surface area contributed by atoms with E-state index < -0.39 is 16.1 Å². The standard InChI is InChI=1S/C18H26BrN3O4S/c1-21(2)27(24,25)20-18(23)17-15(22-9-5-6-10-22)11-13(19)12-16(17)26-14-7-3-4-8-14/h11-12,14H,3-10H2,1-2H3,(H,20,23). The van der Waals surface area contributed by atoms with E-state index in [1.807, 2.05) is 6.07 Å². The molecule has 2 fully saturated rings. The Morgan fingerprint density at radius 3 is 2.41 bits per heavy atom. The monoisotopic (exact) mass is 459 g/mol. The Morgan fingerprint density at radius 2 is 1.81 bits per heavy atom. The van der Waals surface area contributed by atoms with Crippen molar-refractivity contribution in [2.24, 2.45) is 0 Å². The molecule has 1 aromatic rings. The topological polar surface area (TPSA) is 79.0 Å². The van der Waals surface area contributed by atoms with Crippen molar-refractivity contribution in [3.05, 3.63) is 22.2 Å². The van der Waals surface area contributed by atoms with Crippen LogP contribution in [0.1, 0.15) is 48.9 Å². The quantitative estimate of drug-likeness (QED) is 0.707. The summed E-state index contributed by atoms with van der Waals surface area (Å²) in [5, 5.41) is 0. The first kappa shape index (κ1) is 20.4. The zero-order valence-corrected chi connectivity index (χ0v) is 18.1. The number of nitrogens with one attached hydrogen (secondary N) is 1. The van der Waals surface area contributed by atoms with Gasteiger partial charge in [0.25, 0.3) is 5.91 Å².